The lowest BCUT2D eigenvalue weighted by molar-refractivity contribution is -0.153. The molecule has 2 fully saturated rings. The second-order valence-electron chi connectivity index (χ2n) is 12.5. The molecule has 2 aliphatic carbocycles. The summed E-state index contributed by atoms with van der Waals surface area (Å²) in [6, 6.07) is 10.5. The molecule has 0 unspecified atom stereocenters. The predicted molar refractivity (Wildman–Crippen MR) is 183 cm³/mol. The van der Waals surface area contributed by atoms with Crippen LogP contribution in [-0.4, -0.2) is 73.4 Å². The van der Waals surface area contributed by atoms with E-state index in [9.17, 15) is 28.8 Å². The zero-order chi connectivity index (χ0) is 36.9. The molecule has 2 saturated carbocycles. The molecule has 0 amide bonds. The first-order valence-corrected chi connectivity index (χ1v) is 16.9. The van der Waals surface area contributed by atoms with Crippen molar-refractivity contribution in [2.45, 2.75) is 65.1 Å². The topological polar surface area (TPSA) is 213 Å². The first kappa shape index (κ1) is 35.6. The van der Waals surface area contributed by atoms with Crippen molar-refractivity contribution >= 4 is 11.9 Å². The Morgan fingerprint density at radius 1 is 0.769 bits per heavy atom. The van der Waals surface area contributed by atoms with E-state index in [0.717, 1.165) is 20.3 Å². The van der Waals surface area contributed by atoms with E-state index in [0.29, 0.717) is 38.9 Å². The molecule has 272 valence electrons. The lowest BCUT2D eigenvalue weighted by Crippen LogP contribution is -2.49. The highest BCUT2D eigenvalue weighted by atomic mass is 16.5. The van der Waals surface area contributed by atoms with Crippen LogP contribution < -0.4 is 22.8 Å². The number of carbonyl (C=O) groups excluding carboxylic acids is 2. The molecule has 0 saturated heterocycles. The third-order valence-corrected chi connectivity index (χ3v) is 9.01. The summed E-state index contributed by atoms with van der Waals surface area (Å²) in [7, 11) is 0. The summed E-state index contributed by atoms with van der Waals surface area (Å²) in [4.78, 5) is 84.2. The number of aromatic amines is 1. The fourth-order valence-corrected chi connectivity index (χ4v) is 6.13. The van der Waals surface area contributed by atoms with Gasteiger partial charge in [-0.25, -0.2) is 37.7 Å². The minimum Gasteiger partial charge on any atom is -0.466 e. The standard InChI is InChI=1S/C21H23N5O4.C13H15N5O4/c1-3-30-18(27)16-11-17(12-16)26-20(28)23-19(25-10-4-9-22-25)24(21(26)29)13-15-7-5-14(2)6-8-15;1-2-22-10(19)8-6-9(7-8)18-12(20)15-11(16-13(18)21)17-5-3-4-14-17/h4-10,16-17H,3,11-13H2,1-2H3;3-5,8-9H,2,6-7H2,1H3,(H,15,16,20,21). The molecule has 0 radical (unpaired) electrons. The van der Waals surface area contributed by atoms with Crippen LogP contribution in [0.2, 0.25) is 0 Å². The molecule has 4 aromatic heterocycles. The SMILES string of the molecule is CCOC(=O)C1CC(n2c(=O)nc(-n3cccn3)[nH]c2=O)C1.CCOC(=O)C1CC(n2c(=O)nc(-n3cccn3)n(Cc3ccc(C)cc3)c2=O)C1. The van der Waals surface area contributed by atoms with E-state index in [1.54, 1.807) is 44.6 Å². The highest BCUT2D eigenvalue weighted by Gasteiger charge is 2.39. The molecule has 7 rings (SSSR count). The van der Waals surface area contributed by atoms with Crippen LogP contribution in [0.5, 0.6) is 0 Å². The lowest BCUT2D eigenvalue weighted by Gasteiger charge is -2.34. The Hall–Kier alpha value is -6.20. The molecule has 0 aliphatic heterocycles. The Balaban J connectivity index is 0.000000187. The third kappa shape index (κ3) is 7.45. The Labute approximate surface area is 295 Å². The number of nitrogens with zero attached hydrogens (tertiary/aromatic N) is 9. The molecule has 1 N–H and O–H groups in total. The van der Waals surface area contributed by atoms with Gasteiger partial charge in [0, 0.05) is 36.9 Å². The van der Waals surface area contributed by atoms with E-state index in [2.05, 4.69) is 25.1 Å². The van der Waals surface area contributed by atoms with E-state index in [-0.39, 0.29) is 54.3 Å². The van der Waals surface area contributed by atoms with E-state index in [1.807, 2.05) is 31.2 Å². The van der Waals surface area contributed by atoms with Gasteiger partial charge in [0.1, 0.15) is 0 Å². The normalized spacial score (nSPS) is 19.1. The van der Waals surface area contributed by atoms with Crippen LogP contribution in [0.25, 0.3) is 11.9 Å². The number of aryl methyl sites for hydroxylation is 1. The number of hydrogen-bond donors (Lipinski definition) is 1. The largest absolute Gasteiger partial charge is 0.466 e. The van der Waals surface area contributed by atoms with Gasteiger partial charge in [0.25, 0.3) is 0 Å². The van der Waals surface area contributed by atoms with Crippen molar-refractivity contribution < 1.29 is 19.1 Å². The number of benzene rings is 1. The van der Waals surface area contributed by atoms with Crippen molar-refractivity contribution in [1.29, 1.82) is 0 Å². The molecular formula is C34H38N10O8. The number of aromatic nitrogens is 10. The van der Waals surface area contributed by atoms with E-state index in [1.165, 1.54) is 20.1 Å². The number of H-pyrrole nitrogens is 1. The van der Waals surface area contributed by atoms with Gasteiger partial charge >= 0.3 is 34.7 Å². The number of carbonyl (C=O) groups is 2. The zero-order valence-corrected chi connectivity index (χ0v) is 28.8. The Morgan fingerprint density at radius 3 is 1.83 bits per heavy atom. The lowest BCUT2D eigenvalue weighted by atomic mass is 9.80. The third-order valence-electron chi connectivity index (χ3n) is 9.01. The summed E-state index contributed by atoms with van der Waals surface area (Å²) in [6.45, 7) is 6.35. The second-order valence-corrected chi connectivity index (χ2v) is 12.5. The van der Waals surface area contributed by atoms with Crippen LogP contribution in [0.3, 0.4) is 0 Å². The monoisotopic (exact) mass is 714 g/mol. The summed E-state index contributed by atoms with van der Waals surface area (Å²) < 4.78 is 16.3. The predicted octanol–water partition coefficient (Wildman–Crippen LogP) is 1.09. The summed E-state index contributed by atoms with van der Waals surface area (Å²) in [6.07, 6.45) is 7.88. The maximum Gasteiger partial charge on any atom is 0.355 e. The molecule has 52 heavy (non-hydrogen) atoms. The Kier molecular flexibility index (Phi) is 10.5. The molecule has 1 aromatic carbocycles. The van der Waals surface area contributed by atoms with Gasteiger partial charge in [-0.2, -0.15) is 20.2 Å². The van der Waals surface area contributed by atoms with Gasteiger partial charge in [-0.1, -0.05) is 29.8 Å². The molecule has 0 spiro atoms. The average molecular weight is 715 g/mol. The van der Waals surface area contributed by atoms with Gasteiger partial charge in [-0.3, -0.25) is 19.1 Å². The van der Waals surface area contributed by atoms with Crippen LogP contribution in [-0.2, 0) is 25.6 Å². The van der Waals surface area contributed by atoms with Crippen LogP contribution >= 0.6 is 0 Å². The van der Waals surface area contributed by atoms with E-state index in [4.69, 9.17) is 9.47 Å². The van der Waals surface area contributed by atoms with Crippen molar-refractivity contribution in [3.8, 4) is 11.9 Å². The minimum atomic E-state index is -0.651. The molecule has 0 bridgehead atoms. The molecule has 4 heterocycles. The van der Waals surface area contributed by atoms with Crippen LogP contribution in [0.1, 0.15) is 62.7 Å². The van der Waals surface area contributed by atoms with Crippen molar-refractivity contribution in [3.05, 3.63) is 114 Å². The molecular weight excluding hydrogens is 676 g/mol. The van der Waals surface area contributed by atoms with Gasteiger partial charge < -0.3 is 9.47 Å². The summed E-state index contributed by atoms with van der Waals surface area (Å²) >= 11 is 0. The van der Waals surface area contributed by atoms with E-state index < -0.39 is 22.8 Å². The molecule has 5 aromatic rings. The van der Waals surface area contributed by atoms with Crippen LogP contribution in [0.4, 0.5) is 0 Å². The van der Waals surface area contributed by atoms with Crippen molar-refractivity contribution in [2.24, 2.45) is 11.8 Å². The first-order chi connectivity index (χ1) is 25.1. The maximum atomic E-state index is 13.3. The Bertz CT molecular complexity index is 2230. The summed E-state index contributed by atoms with van der Waals surface area (Å²) in [5.41, 5.74) is -0.298. The number of nitrogens with one attached hydrogen (secondary N) is 1. The fraction of sp³-hybridized carbons (Fsp3) is 0.412. The molecule has 2 aliphatic rings. The first-order valence-electron chi connectivity index (χ1n) is 16.9. The number of ether oxygens (including phenoxy) is 2. The number of esters is 2. The maximum absolute atomic E-state index is 13.3. The molecule has 18 heteroatoms. The van der Waals surface area contributed by atoms with Crippen LogP contribution in [0.15, 0.2) is 80.4 Å². The van der Waals surface area contributed by atoms with Gasteiger partial charge in [0.05, 0.1) is 31.6 Å². The molecule has 0 atom stereocenters. The fourth-order valence-electron chi connectivity index (χ4n) is 6.13. The van der Waals surface area contributed by atoms with Crippen LogP contribution in [0, 0.1) is 18.8 Å². The number of hydrogen-bond acceptors (Lipinski definition) is 12. The Morgan fingerprint density at radius 2 is 1.31 bits per heavy atom. The number of rotatable bonds is 10. The van der Waals surface area contributed by atoms with Crippen molar-refractivity contribution in [3.63, 3.8) is 0 Å². The summed E-state index contributed by atoms with van der Waals surface area (Å²) in [5, 5.41) is 8.04. The summed E-state index contributed by atoms with van der Waals surface area (Å²) in [5.74, 6) is -0.905. The highest BCUT2D eigenvalue weighted by Crippen LogP contribution is 2.37. The van der Waals surface area contributed by atoms with E-state index >= 15 is 0 Å². The van der Waals surface area contributed by atoms with Gasteiger partial charge in [0.15, 0.2) is 0 Å². The molecule has 18 nitrogen and oxygen atoms in total. The van der Waals surface area contributed by atoms with Gasteiger partial charge in [-0.05, 0) is 64.2 Å². The van der Waals surface area contributed by atoms with Crippen molar-refractivity contribution in [1.82, 2.24) is 48.2 Å². The quantitative estimate of drug-likeness (QED) is 0.202. The van der Waals surface area contributed by atoms with Crippen molar-refractivity contribution in [2.75, 3.05) is 13.2 Å². The second kappa shape index (κ2) is 15.4. The average Bonchev–Trinajstić information content (AvgIpc) is 3.81. The zero-order valence-electron chi connectivity index (χ0n) is 28.8. The highest BCUT2D eigenvalue weighted by molar-refractivity contribution is 5.74. The van der Waals surface area contributed by atoms with Gasteiger partial charge in [0.2, 0.25) is 11.9 Å². The van der Waals surface area contributed by atoms with Gasteiger partial charge in [-0.15, -0.1) is 0 Å². The minimum absolute atomic E-state index is 0.0671. The smallest absolute Gasteiger partial charge is 0.355 e.